The third-order valence-electron chi connectivity index (χ3n) is 2.54. The van der Waals surface area contributed by atoms with Crippen LogP contribution in [0.5, 0.6) is 11.5 Å². The zero-order valence-corrected chi connectivity index (χ0v) is 12.1. The van der Waals surface area contributed by atoms with Gasteiger partial charge in [-0.2, -0.15) is 0 Å². The molecule has 1 heterocycles. The second-order valence-corrected chi connectivity index (χ2v) is 4.52. The van der Waals surface area contributed by atoms with E-state index in [1.807, 2.05) is 26.0 Å². The van der Waals surface area contributed by atoms with Crippen molar-refractivity contribution >= 4 is 26.9 Å². The first-order chi connectivity index (χ1) is 8.80. The predicted molar refractivity (Wildman–Crippen MR) is 73.8 cm³/mol. The fourth-order valence-corrected chi connectivity index (χ4v) is 2.18. The SMILES string of the molecule is CCOc1cc2onc(CCBr)c2cc1OCC. The molecule has 4 nitrogen and oxygen atoms in total. The molecule has 0 saturated heterocycles. The molecule has 18 heavy (non-hydrogen) atoms. The minimum Gasteiger partial charge on any atom is -0.490 e. The highest BCUT2D eigenvalue weighted by Crippen LogP contribution is 2.34. The molecule has 0 unspecified atom stereocenters. The van der Waals surface area contributed by atoms with Crippen molar-refractivity contribution in [1.82, 2.24) is 5.16 Å². The maximum atomic E-state index is 5.59. The number of aryl methyl sites for hydroxylation is 1. The second-order valence-electron chi connectivity index (χ2n) is 3.73. The standard InChI is InChI=1S/C13H16BrNO3/c1-3-16-12-7-9-10(5-6-14)15-18-11(9)8-13(12)17-4-2/h7-8H,3-6H2,1-2H3. The molecule has 0 bridgehead atoms. The molecule has 0 aliphatic heterocycles. The van der Waals surface area contributed by atoms with Crippen LogP contribution in [0.1, 0.15) is 19.5 Å². The topological polar surface area (TPSA) is 44.5 Å². The molecular formula is C13H16BrNO3. The summed E-state index contributed by atoms with van der Waals surface area (Å²) in [6.07, 6.45) is 0.826. The normalized spacial score (nSPS) is 10.8. The van der Waals surface area contributed by atoms with Gasteiger partial charge in [0.1, 0.15) is 0 Å². The Balaban J connectivity index is 2.48. The van der Waals surface area contributed by atoms with Gasteiger partial charge in [0.15, 0.2) is 17.1 Å². The van der Waals surface area contributed by atoms with Gasteiger partial charge in [0.2, 0.25) is 0 Å². The maximum absolute atomic E-state index is 5.59. The van der Waals surface area contributed by atoms with Gasteiger partial charge < -0.3 is 14.0 Å². The summed E-state index contributed by atoms with van der Waals surface area (Å²) in [6, 6.07) is 3.78. The number of benzene rings is 1. The minimum absolute atomic E-state index is 0.591. The molecule has 0 aliphatic carbocycles. The van der Waals surface area contributed by atoms with Crippen molar-refractivity contribution in [1.29, 1.82) is 0 Å². The van der Waals surface area contributed by atoms with Gasteiger partial charge in [-0.25, -0.2) is 0 Å². The maximum Gasteiger partial charge on any atom is 0.171 e. The molecule has 98 valence electrons. The number of alkyl halides is 1. The summed E-state index contributed by atoms with van der Waals surface area (Å²) in [4.78, 5) is 0. The molecule has 0 aliphatic rings. The van der Waals surface area contributed by atoms with Crippen LogP contribution in [0.25, 0.3) is 11.0 Å². The first kappa shape index (κ1) is 13.2. The lowest BCUT2D eigenvalue weighted by molar-refractivity contribution is 0.288. The van der Waals surface area contributed by atoms with Crippen molar-refractivity contribution < 1.29 is 14.0 Å². The molecule has 0 N–H and O–H groups in total. The lowest BCUT2D eigenvalue weighted by Gasteiger charge is -2.10. The van der Waals surface area contributed by atoms with Gasteiger partial charge in [-0.15, -0.1) is 0 Å². The fourth-order valence-electron chi connectivity index (χ4n) is 1.80. The van der Waals surface area contributed by atoms with Crippen LogP contribution < -0.4 is 9.47 Å². The van der Waals surface area contributed by atoms with Crippen molar-refractivity contribution in [3.63, 3.8) is 0 Å². The highest BCUT2D eigenvalue weighted by Gasteiger charge is 2.14. The molecule has 0 atom stereocenters. The Hall–Kier alpha value is -1.23. The van der Waals surface area contributed by atoms with Crippen molar-refractivity contribution in [2.24, 2.45) is 0 Å². The van der Waals surface area contributed by atoms with Crippen molar-refractivity contribution in [2.75, 3.05) is 18.5 Å². The Kier molecular flexibility index (Phi) is 4.47. The second kappa shape index (κ2) is 6.09. The van der Waals surface area contributed by atoms with Crippen LogP contribution in [0.2, 0.25) is 0 Å². The molecule has 2 aromatic rings. The van der Waals surface area contributed by atoms with Crippen LogP contribution in [0.15, 0.2) is 16.7 Å². The summed E-state index contributed by atoms with van der Waals surface area (Å²) in [6.45, 7) is 5.09. The Labute approximate surface area is 114 Å². The zero-order valence-electron chi connectivity index (χ0n) is 10.5. The van der Waals surface area contributed by atoms with E-state index in [4.69, 9.17) is 14.0 Å². The van der Waals surface area contributed by atoms with Gasteiger partial charge in [-0.3, -0.25) is 0 Å². The van der Waals surface area contributed by atoms with E-state index in [1.54, 1.807) is 0 Å². The Bertz CT molecular complexity index is 524. The monoisotopic (exact) mass is 313 g/mol. The summed E-state index contributed by atoms with van der Waals surface area (Å²) in [5.41, 5.74) is 1.67. The molecule has 2 rings (SSSR count). The third-order valence-corrected chi connectivity index (χ3v) is 2.94. The van der Waals surface area contributed by atoms with E-state index in [-0.39, 0.29) is 0 Å². The van der Waals surface area contributed by atoms with Crippen LogP contribution >= 0.6 is 15.9 Å². The smallest absolute Gasteiger partial charge is 0.171 e. The third kappa shape index (κ3) is 2.61. The molecule has 1 aromatic carbocycles. The number of hydrogen-bond acceptors (Lipinski definition) is 4. The summed E-state index contributed by atoms with van der Waals surface area (Å²) in [5, 5.41) is 5.91. The van der Waals surface area contributed by atoms with Crippen LogP contribution in [0.3, 0.4) is 0 Å². The van der Waals surface area contributed by atoms with Gasteiger partial charge in [-0.05, 0) is 19.9 Å². The largest absolute Gasteiger partial charge is 0.490 e. The lowest BCUT2D eigenvalue weighted by Crippen LogP contribution is -1.98. The van der Waals surface area contributed by atoms with Crippen LogP contribution in [-0.2, 0) is 6.42 Å². The quantitative estimate of drug-likeness (QED) is 0.765. The molecular weight excluding hydrogens is 298 g/mol. The molecule has 0 amide bonds. The molecule has 0 saturated carbocycles. The summed E-state index contributed by atoms with van der Waals surface area (Å²) >= 11 is 3.41. The van der Waals surface area contributed by atoms with E-state index in [1.165, 1.54) is 0 Å². The molecule has 5 heteroatoms. The molecule has 1 aromatic heterocycles. The number of fused-ring (bicyclic) bond motifs is 1. The van der Waals surface area contributed by atoms with Gasteiger partial charge in [-0.1, -0.05) is 21.1 Å². The minimum atomic E-state index is 0.591. The average molecular weight is 314 g/mol. The summed E-state index contributed by atoms with van der Waals surface area (Å²) in [5.74, 6) is 1.44. The highest BCUT2D eigenvalue weighted by atomic mass is 79.9. The van der Waals surface area contributed by atoms with E-state index in [2.05, 4.69) is 21.1 Å². The molecule has 0 radical (unpaired) electrons. The Morgan fingerprint density at radius 1 is 1.17 bits per heavy atom. The van der Waals surface area contributed by atoms with E-state index in [0.29, 0.717) is 19.0 Å². The summed E-state index contributed by atoms with van der Waals surface area (Å²) in [7, 11) is 0. The van der Waals surface area contributed by atoms with Crippen molar-refractivity contribution in [3.05, 3.63) is 17.8 Å². The number of hydrogen-bond donors (Lipinski definition) is 0. The number of nitrogens with zero attached hydrogens (tertiary/aromatic N) is 1. The van der Waals surface area contributed by atoms with Crippen LogP contribution in [-0.4, -0.2) is 23.7 Å². The van der Waals surface area contributed by atoms with Gasteiger partial charge >= 0.3 is 0 Å². The van der Waals surface area contributed by atoms with E-state index < -0.39 is 0 Å². The van der Waals surface area contributed by atoms with Crippen LogP contribution in [0, 0.1) is 0 Å². The zero-order chi connectivity index (χ0) is 13.0. The highest BCUT2D eigenvalue weighted by molar-refractivity contribution is 9.09. The molecule has 0 spiro atoms. The van der Waals surface area contributed by atoms with Gasteiger partial charge in [0.25, 0.3) is 0 Å². The fraction of sp³-hybridized carbons (Fsp3) is 0.462. The Morgan fingerprint density at radius 3 is 2.44 bits per heavy atom. The first-order valence-electron chi connectivity index (χ1n) is 6.04. The number of halogens is 1. The number of aromatic nitrogens is 1. The number of ether oxygens (including phenoxy) is 2. The lowest BCUT2D eigenvalue weighted by atomic mass is 10.1. The Morgan fingerprint density at radius 2 is 1.83 bits per heavy atom. The summed E-state index contributed by atoms with van der Waals surface area (Å²) < 4.78 is 16.5. The van der Waals surface area contributed by atoms with E-state index >= 15 is 0 Å². The van der Waals surface area contributed by atoms with Gasteiger partial charge in [0.05, 0.1) is 18.9 Å². The van der Waals surface area contributed by atoms with Crippen LogP contribution in [0.4, 0.5) is 0 Å². The average Bonchev–Trinajstić information content (AvgIpc) is 2.74. The predicted octanol–water partition coefficient (Wildman–Crippen LogP) is 3.56. The molecule has 0 fully saturated rings. The number of rotatable bonds is 6. The van der Waals surface area contributed by atoms with Crippen molar-refractivity contribution in [2.45, 2.75) is 20.3 Å². The van der Waals surface area contributed by atoms with Crippen molar-refractivity contribution in [3.8, 4) is 11.5 Å². The van der Waals surface area contributed by atoms with E-state index in [9.17, 15) is 0 Å². The van der Waals surface area contributed by atoms with E-state index in [0.717, 1.165) is 34.2 Å². The first-order valence-corrected chi connectivity index (χ1v) is 7.16. The van der Waals surface area contributed by atoms with Gasteiger partial charge in [0, 0.05) is 23.2 Å².